The largest absolute Gasteiger partial charge is 0.493 e. The highest BCUT2D eigenvalue weighted by atomic mass is 32.1. The van der Waals surface area contributed by atoms with Crippen LogP contribution in [0, 0.1) is 0 Å². The molecule has 0 radical (unpaired) electrons. The summed E-state index contributed by atoms with van der Waals surface area (Å²) in [5.74, 6) is 1.65. The van der Waals surface area contributed by atoms with Crippen LogP contribution >= 0.6 is 11.3 Å². The summed E-state index contributed by atoms with van der Waals surface area (Å²) in [7, 11) is 3.31. The van der Waals surface area contributed by atoms with Crippen molar-refractivity contribution in [3.63, 3.8) is 0 Å². The minimum Gasteiger partial charge on any atom is -0.493 e. The van der Waals surface area contributed by atoms with Crippen LogP contribution in [0.3, 0.4) is 0 Å². The first-order valence-electron chi connectivity index (χ1n) is 9.83. The first kappa shape index (κ1) is 20.2. The van der Waals surface area contributed by atoms with Crippen LogP contribution < -0.4 is 19.2 Å². The van der Waals surface area contributed by atoms with Crippen LogP contribution in [0.1, 0.15) is 36.6 Å². The fourth-order valence-electron chi connectivity index (χ4n) is 3.79. The zero-order valence-corrected chi connectivity index (χ0v) is 18.2. The number of nitrogens with zero attached hydrogens (tertiary/aromatic N) is 2. The average molecular weight is 425 g/mol. The van der Waals surface area contributed by atoms with Gasteiger partial charge in [0.15, 0.2) is 11.5 Å². The Morgan fingerprint density at radius 2 is 1.80 bits per heavy atom. The van der Waals surface area contributed by atoms with Gasteiger partial charge in [-0.15, -0.1) is 0 Å². The second kappa shape index (κ2) is 7.99. The Labute approximate surface area is 179 Å². The van der Waals surface area contributed by atoms with E-state index in [4.69, 9.17) is 9.47 Å². The number of aromatic nitrogens is 1. The molecule has 0 fully saturated rings. The Balaban J connectivity index is 1.82. The van der Waals surface area contributed by atoms with Crippen LogP contribution in [0.25, 0.3) is 0 Å². The summed E-state index contributed by atoms with van der Waals surface area (Å²) in [4.78, 5) is 28.2. The Hall–Kier alpha value is -3.06. The molecule has 0 bridgehead atoms. The third-order valence-corrected chi connectivity index (χ3v) is 6.27. The van der Waals surface area contributed by atoms with Gasteiger partial charge in [-0.2, -0.15) is 0 Å². The Bertz CT molecular complexity index is 1130. The Kier molecular flexibility index (Phi) is 5.39. The van der Waals surface area contributed by atoms with Gasteiger partial charge in [-0.25, -0.2) is 0 Å². The number of carbonyl (C=O) groups excluding carboxylic acids is 1. The molecular formula is C23H24N2O4S. The highest BCUT2D eigenvalue weighted by Gasteiger charge is 2.37. The second-order valence-corrected chi connectivity index (χ2v) is 8.51. The maximum atomic E-state index is 13.2. The van der Waals surface area contributed by atoms with E-state index in [2.05, 4.69) is 0 Å². The first-order valence-corrected chi connectivity index (χ1v) is 10.6. The molecule has 1 aliphatic heterocycles. The first-order chi connectivity index (χ1) is 14.4. The lowest BCUT2D eigenvalue weighted by molar-refractivity contribution is -0.118. The number of rotatable bonds is 5. The summed E-state index contributed by atoms with van der Waals surface area (Å²) in [6, 6.07) is 15.2. The van der Waals surface area contributed by atoms with Gasteiger partial charge < -0.3 is 9.47 Å². The molecule has 0 saturated heterocycles. The minimum atomic E-state index is -0.214. The maximum Gasteiger partial charge on any atom is 0.308 e. The van der Waals surface area contributed by atoms with Gasteiger partial charge in [-0.05, 0) is 43.7 Å². The van der Waals surface area contributed by atoms with Crippen molar-refractivity contribution in [3.8, 4) is 11.5 Å². The van der Waals surface area contributed by atoms with E-state index in [1.807, 2.05) is 62.4 Å². The molecule has 2 heterocycles. The number of para-hydroxylation sites is 1. The van der Waals surface area contributed by atoms with Crippen molar-refractivity contribution < 1.29 is 14.3 Å². The van der Waals surface area contributed by atoms with Crippen LogP contribution in [0.4, 0.5) is 11.5 Å². The van der Waals surface area contributed by atoms with Gasteiger partial charge in [0.2, 0.25) is 5.91 Å². The molecule has 3 aromatic rings. The fourth-order valence-corrected chi connectivity index (χ4v) is 4.88. The highest BCUT2D eigenvalue weighted by Crippen LogP contribution is 2.45. The van der Waals surface area contributed by atoms with Gasteiger partial charge in [0.1, 0.15) is 5.82 Å². The topological polar surface area (TPSA) is 60.8 Å². The molecular weight excluding hydrogens is 400 g/mol. The average Bonchev–Trinajstić information content (AvgIpc) is 3.02. The van der Waals surface area contributed by atoms with E-state index in [9.17, 15) is 9.59 Å². The van der Waals surface area contributed by atoms with Gasteiger partial charge in [-0.3, -0.25) is 19.1 Å². The lowest BCUT2D eigenvalue weighted by atomic mass is 9.90. The lowest BCUT2D eigenvalue weighted by Crippen LogP contribution is -2.34. The summed E-state index contributed by atoms with van der Waals surface area (Å²) in [6.45, 7) is 3.91. The van der Waals surface area contributed by atoms with Crippen LogP contribution in [0.5, 0.6) is 11.5 Å². The van der Waals surface area contributed by atoms with Gasteiger partial charge in [-0.1, -0.05) is 35.6 Å². The van der Waals surface area contributed by atoms with Crippen molar-refractivity contribution in [2.75, 3.05) is 12.0 Å². The molecule has 156 valence electrons. The Morgan fingerprint density at radius 3 is 2.47 bits per heavy atom. The molecule has 30 heavy (non-hydrogen) atoms. The van der Waals surface area contributed by atoms with Crippen molar-refractivity contribution in [2.24, 2.45) is 7.05 Å². The summed E-state index contributed by atoms with van der Waals surface area (Å²) in [6.07, 6.45) is 0.293. The summed E-state index contributed by atoms with van der Waals surface area (Å²) in [5.41, 5.74) is 1.68. The zero-order valence-electron chi connectivity index (χ0n) is 17.4. The standard InChI is InChI=1S/C23H24N2O4S/c1-14(2)29-18-11-10-15(12-19(18)28-4)17-13-20(26)25(16-8-6-5-7-9-16)22-21(17)30-23(27)24(22)3/h5-12,14,17H,13H2,1-4H3. The summed E-state index contributed by atoms with van der Waals surface area (Å²) < 4.78 is 12.9. The van der Waals surface area contributed by atoms with Crippen molar-refractivity contribution in [1.82, 2.24) is 4.57 Å². The van der Waals surface area contributed by atoms with Crippen LogP contribution in [-0.2, 0) is 11.8 Å². The Morgan fingerprint density at radius 1 is 1.07 bits per heavy atom. The van der Waals surface area contributed by atoms with Gasteiger partial charge in [0, 0.05) is 19.4 Å². The number of ether oxygens (including phenoxy) is 2. The number of thiazole rings is 1. The number of amides is 1. The van der Waals surface area contributed by atoms with E-state index >= 15 is 0 Å². The normalized spacial score (nSPS) is 16.0. The number of benzene rings is 2. The molecule has 1 atom stereocenters. The van der Waals surface area contributed by atoms with Crippen LogP contribution in [-0.4, -0.2) is 23.7 Å². The molecule has 0 aliphatic carbocycles. The third-order valence-electron chi connectivity index (χ3n) is 5.13. The van der Waals surface area contributed by atoms with E-state index in [1.54, 1.807) is 23.6 Å². The molecule has 1 unspecified atom stereocenters. The van der Waals surface area contributed by atoms with Crippen molar-refractivity contribution in [3.05, 3.63) is 68.6 Å². The summed E-state index contributed by atoms with van der Waals surface area (Å²) >= 11 is 1.19. The monoisotopic (exact) mass is 424 g/mol. The van der Waals surface area contributed by atoms with Crippen LogP contribution in [0.2, 0.25) is 0 Å². The zero-order chi connectivity index (χ0) is 21.4. The molecule has 1 amide bonds. The molecule has 1 aromatic heterocycles. The van der Waals surface area contributed by atoms with E-state index in [0.29, 0.717) is 17.3 Å². The predicted octanol–water partition coefficient (Wildman–Crippen LogP) is 4.44. The number of hydrogen-bond acceptors (Lipinski definition) is 5. The molecule has 6 nitrogen and oxygen atoms in total. The molecule has 4 rings (SSSR count). The van der Waals surface area contributed by atoms with E-state index < -0.39 is 0 Å². The SMILES string of the molecule is COc1cc(C2CC(=O)N(c3ccccc3)c3c2sc(=O)n3C)ccc1OC(C)C. The van der Waals surface area contributed by atoms with Crippen molar-refractivity contribution in [1.29, 1.82) is 0 Å². The third kappa shape index (κ3) is 3.50. The molecule has 1 aliphatic rings. The maximum absolute atomic E-state index is 13.2. The van der Waals surface area contributed by atoms with Gasteiger partial charge in [0.05, 0.1) is 23.8 Å². The van der Waals surface area contributed by atoms with E-state index in [1.165, 1.54) is 11.3 Å². The second-order valence-electron chi connectivity index (χ2n) is 7.51. The summed E-state index contributed by atoms with van der Waals surface area (Å²) in [5, 5.41) is 0. The van der Waals surface area contributed by atoms with Crippen molar-refractivity contribution in [2.45, 2.75) is 32.3 Å². The van der Waals surface area contributed by atoms with E-state index in [-0.39, 0.29) is 29.2 Å². The lowest BCUT2D eigenvalue weighted by Gasteiger charge is -2.32. The predicted molar refractivity (Wildman–Crippen MR) is 118 cm³/mol. The smallest absolute Gasteiger partial charge is 0.308 e. The molecule has 0 spiro atoms. The number of fused-ring (bicyclic) bond motifs is 1. The molecule has 0 N–H and O–H groups in total. The molecule has 0 saturated carbocycles. The van der Waals surface area contributed by atoms with Gasteiger partial charge >= 0.3 is 4.87 Å². The van der Waals surface area contributed by atoms with Gasteiger partial charge in [0.25, 0.3) is 0 Å². The number of carbonyl (C=O) groups is 1. The van der Waals surface area contributed by atoms with Crippen LogP contribution in [0.15, 0.2) is 53.3 Å². The molecule has 7 heteroatoms. The quantitative estimate of drug-likeness (QED) is 0.607. The van der Waals surface area contributed by atoms with E-state index in [0.717, 1.165) is 16.1 Å². The highest BCUT2D eigenvalue weighted by molar-refractivity contribution is 7.10. The minimum absolute atomic E-state index is 0.0198. The number of hydrogen-bond donors (Lipinski definition) is 0. The number of methoxy groups -OCH3 is 1. The number of anilines is 2. The fraction of sp³-hybridized carbons (Fsp3) is 0.304. The molecule has 2 aromatic carbocycles. The van der Waals surface area contributed by atoms with Crippen molar-refractivity contribution >= 4 is 28.7 Å².